The first kappa shape index (κ1) is 18.7. The normalized spacial score (nSPS) is 13.8. The number of benzene rings is 2. The second kappa shape index (κ2) is 8.55. The van der Waals surface area contributed by atoms with Gasteiger partial charge >= 0.3 is 6.03 Å². The number of morpholine rings is 1. The third kappa shape index (κ3) is 4.98. The number of anilines is 2. The number of amides is 3. The van der Waals surface area contributed by atoms with Crippen LogP contribution in [0, 0.1) is 6.92 Å². The van der Waals surface area contributed by atoms with E-state index in [2.05, 4.69) is 10.6 Å². The van der Waals surface area contributed by atoms with Gasteiger partial charge in [-0.05, 0) is 42.8 Å². The van der Waals surface area contributed by atoms with Gasteiger partial charge in [-0.1, -0.05) is 6.07 Å². The van der Waals surface area contributed by atoms with Crippen LogP contribution in [0.5, 0.6) is 5.75 Å². The van der Waals surface area contributed by atoms with Crippen LogP contribution in [0.2, 0.25) is 0 Å². The smallest absolute Gasteiger partial charge is 0.323 e. The minimum absolute atomic E-state index is 0.0641. The summed E-state index contributed by atoms with van der Waals surface area (Å²) >= 11 is 0. The fraction of sp³-hybridized carbons (Fsp3) is 0.300. The summed E-state index contributed by atoms with van der Waals surface area (Å²) in [6.45, 7) is 4.17. The van der Waals surface area contributed by atoms with Gasteiger partial charge in [-0.25, -0.2) is 4.79 Å². The van der Waals surface area contributed by atoms with Gasteiger partial charge in [0, 0.05) is 36.1 Å². The van der Waals surface area contributed by atoms with Gasteiger partial charge in [0.15, 0.2) is 0 Å². The van der Waals surface area contributed by atoms with Gasteiger partial charge in [0.1, 0.15) is 5.75 Å². The van der Waals surface area contributed by atoms with Gasteiger partial charge in [0.25, 0.3) is 5.91 Å². The van der Waals surface area contributed by atoms with Crippen molar-refractivity contribution < 1.29 is 19.1 Å². The van der Waals surface area contributed by atoms with E-state index in [4.69, 9.17) is 9.47 Å². The molecule has 0 radical (unpaired) electrons. The highest BCUT2D eigenvalue weighted by atomic mass is 16.5. The molecule has 0 aromatic heterocycles. The largest absolute Gasteiger partial charge is 0.497 e. The summed E-state index contributed by atoms with van der Waals surface area (Å²) < 4.78 is 10.5. The molecule has 3 rings (SSSR count). The van der Waals surface area contributed by atoms with Gasteiger partial charge in [-0.2, -0.15) is 0 Å². The second-order valence-corrected chi connectivity index (χ2v) is 6.30. The molecule has 2 aromatic rings. The summed E-state index contributed by atoms with van der Waals surface area (Å²) in [5.74, 6) is 0.606. The monoisotopic (exact) mass is 369 g/mol. The Bertz CT molecular complexity index is 832. The first-order valence-electron chi connectivity index (χ1n) is 8.76. The molecule has 1 aliphatic rings. The summed E-state index contributed by atoms with van der Waals surface area (Å²) in [6.07, 6.45) is 0. The summed E-state index contributed by atoms with van der Waals surface area (Å²) in [5, 5.41) is 5.54. The fourth-order valence-corrected chi connectivity index (χ4v) is 2.91. The minimum atomic E-state index is -0.390. The zero-order chi connectivity index (χ0) is 19.2. The quantitative estimate of drug-likeness (QED) is 0.868. The maximum atomic E-state index is 12.6. The lowest BCUT2D eigenvalue weighted by molar-refractivity contribution is 0.0303. The molecule has 1 saturated heterocycles. The van der Waals surface area contributed by atoms with Crippen molar-refractivity contribution in [2.75, 3.05) is 44.0 Å². The van der Waals surface area contributed by atoms with Crippen LogP contribution in [0.4, 0.5) is 16.2 Å². The van der Waals surface area contributed by atoms with E-state index < -0.39 is 6.03 Å². The van der Waals surface area contributed by atoms with Crippen LogP contribution in [0.25, 0.3) is 0 Å². The maximum Gasteiger partial charge on any atom is 0.323 e. The number of aryl methyl sites for hydroxylation is 1. The summed E-state index contributed by atoms with van der Waals surface area (Å²) in [5.41, 5.74) is 2.69. The molecule has 0 bridgehead atoms. The van der Waals surface area contributed by atoms with Crippen LogP contribution in [0.3, 0.4) is 0 Å². The zero-order valence-corrected chi connectivity index (χ0v) is 15.5. The number of ether oxygens (including phenoxy) is 2. The van der Waals surface area contributed by atoms with Crippen molar-refractivity contribution in [3.8, 4) is 5.75 Å². The first-order valence-corrected chi connectivity index (χ1v) is 8.76. The van der Waals surface area contributed by atoms with Gasteiger partial charge in [0.2, 0.25) is 0 Å². The Kier molecular flexibility index (Phi) is 5.93. The summed E-state index contributed by atoms with van der Waals surface area (Å²) in [6, 6.07) is 12.0. The zero-order valence-electron chi connectivity index (χ0n) is 15.5. The summed E-state index contributed by atoms with van der Waals surface area (Å²) in [4.78, 5) is 26.6. The fourth-order valence-electron chi connectivity index (χ4n) is 2.91. The number of methoxy groups -OCH3 is 1. The Morgan fingerprint density at radius 2 is 1.78 bits per heavy atom. The average molecular weight is 369 g/mol. The molecule has 142 valence electrons. The molecule has 1 fully saturated rings. The number of carbonyl (C=O) groups is 2. The standard InChI is InChI=1S/C20H23N3O4/c1-14-10-17(13-18(11-14)26-2)22-20(25)21-16-5-3-4-15(12-16)19(24)23-6-8-27-9-7-23/h3-5,10-13H,6-9H2,1-2H3,(H2,21,22,25). The highest BCUT2D eigenvalue weighted by molar-refractivity contribution is 6.01. The molecular formula is C20H23N3O4. The number of carbonyl (C=O) groups excluding carboxylic acids is 2. The van der Waals surface area contributed by atoms with Crippen LogP contribution in [0.15, 0.2) is 42.5 Å². The first-order chi connectivity index (χ1) is 13.0. The predicted octanol–water partition coefficient (Wildman–Crippen LogP) is 3.12. The molecule has 7 heteroatoms. The lowest BCUT2D eigenvalue weighted by Crippen LogP contribution is -2.40. The Hall–Kier alpha value is -3.06. The van der Waals surface area contributed by atoms with Crippen molar-refractivity contribution in [3.63, 3.8) is 0 Å². The Balaban J connectivity index is 1.66. The van der Waals surface area contributed by atoms with Crippen molar-refractivity contribution >= 4 is 23.3 Å². The molecule has 3 amide bonds. The lowest BCUT2D eigenvalue weighted by atomic mass is 10.1. The van der Waals surface area contributed by atoms with Gasteiger partial charge < -0.3 is 25.0 Å². The number of urea groups is 1. The van der Waals surface area contributed by atoms with E-state index in [1.807, 2.05) is 19.1 Å². The van der Waals surface area contributed by atoms with Crippen LogP contribution < -0.4 is 15.4 Å². The molecule has 0 aliphatic carbocycles. The van der Waals surface area contributed by atoms with E-state index in [9.17, 15) is 9.59 Å². The Labute approximate surface area is 158 Å². The van der Waals surface area contributed by atoms with Crippen molar-refractivity contribution in [2.24, 2.45) is 0 Å². The topological polar surface area (TPSA) is 79.9 Å². The highest BCUT2D eigenvalue weighted by Crippen LogP contribution is 2.21. The molecule has 2 N–H and O–H groups in total. The van der Waals surface area contributed by atoms with E-state index in [0.29, 0.717) is 49.0 Å². The molecular weight excluding hydrogens is 346 g/mol. The van der Waals surface area contributed by atoms with Crippen molar-refractivity contribution in [2.45, 2.75) is 6.92 Å². The van der Waals surface area contributed by atoms with E-state index >= 15 is 0 Å². The molecule has 7 nitrogen and oxygen atoms in total. The minimum Gasteiger partial charge on any atom is -0.497 e. The highest BCUT2D eigenvalue weighted by Gasteiger charge is 2.18. The predicted molar refractivity (Wildman–Crippen MR) is 104 cm³/mol. The molecule has 0 unspecified atom stereocenters. The Morgan fingerprint density at radius 3 is 2.52 bits per heavy atom. The third-order valence-electron chi connectivity index (χ3n) is 4.21. The van der Waals surface area contributed by atoms with Crippen LogP contribution in [-0.2, 0) is 4.74 Å². The number of rotatable bonds is 4. The van der Waals surface area contributed by atoms with Crippen LogP contribution in [-0.4, -0.2) is 50.3 Å². The second-order valence-electron chi connectivity index (χ2n) is 6.30. The molecule has 0 spiro atoms. The third-order valence-corrected chi connectivity index (χ3v) is 4.21. The number of nitrogens with one attached hydrogen (secondary N) is 2. The van der Waals surface area contributed by atoms with E-state index in [-0.39, 0.29) is 5.91 Å². The van der Waals surface area contributed by atoms with Crippen molar-refractivity contribution in [1.29, 1.82) is 0 Å². The van der Waals surface area contributed by atoms with Crippen molar-refractivity contribution in [3.05, 3.63) is 53.6 Å². The van der Waals surface area contributed by atoms with E-state index in [0.717, 1.165) is 5.56 Å². The molecule has 2 aromatic carbocycles. The van der Waals surface area contributed by atoms with Gasteiger partial charge in [-0.3, -0.25) is 4.79 Å². The SMILES string of the molecule is COc1cc(C)cc(NC(=O)Nc2cccc(C(=O)N3CCOCC3)c2)c1. The van der Waals surface area contributed by atoms with E-state index in [1.165, 1.54) is 0 Å². The molecule has 1 heterocycles. The molecule has 27 heavy (non-hydrogen) atoms. The van der Waals surface area contributed by atoms with Crippen molar-refractivity contribution in [1.82, 2.24) is 4.90 Å². The number of hydrogen-bond acceptors (Lipinski definition) is 4. The summed E-state index contributed by atoms with van der Waals surface area (Å²) in [7, 11) is 1.58. The van der Waals surface area contributed by atoms with Crippen LogP contribution in [0.1, 0.15) is 15.9 Å². The van der Waals surface area contributed by atoms with Gasteiger partial charge in [0.05, 0.1) is 20.3 Å². The molecule has 0 saturated carbocycles. The number of nitrogens with zero attached hydrogens (tertiary/aromatic N) is 1. The average Bonchev–Trinajstić information content (AvgIpc) is 2.67. The maximum absolute atomic E-state index is 12.6. The lowest BCUT2D eigenvalue weighted by Gasteiger charge is -2.27. The van der Waals surface area contributed by atoms with E-state index in [1.54, 1.807) is 42.3 Å². The number of hydrogen-bond donors (Lipinski definition) is 2. The van der Waals surface area contributed by atoms with Crippen LogP contribution >= 0.6 is 0 Å². The Morgan fingerprint density at radius 1 is 1.04 bits per heavy atom. The molecule has 0 atom stereocenters. The van der Waals surface area contributed by atoms with Gasteiger partial charge in [-0.15, -0.1) is 0 Å². The molecule has 1 aliphatic heterocycles.